The van der Waals surface area contributed by atoms with Crippen molar-refractivity contribution in [3.63, 3.8) is 0 Å². The number of thiophene rings is 1. The van der Waals surface area contributed by atoms with Gasteiger partial charge in [-0.15, -0.1) is 11.3 Å². The van der Waals surface area contributed by atoms with Crippen molar-refractivity contribution in [1.82, 2.24) is 24.5 Å². The fraction of sp³-hybridized carbons (Fsp3) is 0.318. The Kier molecular flexibility index (Phi) is 6.42. The molecule has 178 valence electrons. The van der Waals surface area contributed by atoms with Crippen molar-refractivity contribution in [3.8, 4) is 11.1 Å². The quantitative estimate of drug-likeness (QED) is 0.388. The van der Waals surface area contributed by atoms with Crippen LogP contribution in [0.15, 0.2) is 24.5 Å². The second kappa shape index (κ2) is 9.29. The Morgan fingerprint density at radius 3 is 2.62 bits per heavy atom. The van der Waals surface area contributed by atoms with Gasteiger partial charge in [-0.05, 0) is 38.5 Å². The zero-order valence-electron chi connectivity index (χ0n) is 18.8. The second-order valence-corrected chi connectivity index (χ2v) is 8.72. The number of hydrogen-bond donors (Lipinski definition) is 2. The minimum Gasteiger partial charge on any atom is -0.365 e. The van der Waals surface area contributed by atoms with Crippen molar-refractivity contribution in [2.75, 3.05) is 5.32 Å². The molecule has 4 aromatic rings. The Morgan fingerprint density at radius 1 is 1.26 bits per heavy atom. The molecule has 0 spiro atoms. The summed E-state index contributed by atoms with van der Waals surface area (Å²) in [6.07, 6.45) is 0.650. The van der Waals surface area contributed by atoms with E-state index in [1.54, 1.807) is 28.7 Å². The minimum atomic E-state index is -2.82. The highest BCUT2D eigenvalue weighted by Crippen LogP contribution is 2.43. The number of nitrogens with two attached hydrogens (primary N) is 1. The van der Waals surface area contributed by atoms with Crippen LogP contribution in [0.4, 0.5) is 14.5 Å². The number of aryl methyl sites for hydroxylation is 4. The SMILES string of the molecule is CCn1cc(-c2cc(C(F)F)nc3sc(C(N)=O)c(NC(=O)CCn4nccc4C)c23)c(C)n1. The van der Waals surface area contributed by atoms with Crippen LogP contribution < -0.4 is 11.1 Å². The van der Waals surface area contributed by atoms with E-state index in [9.17, 15) is 18.4 Å². The van der Waals surface area contributed by atoms with E-state index in [0.29, 0.717) is 35.3 Å². The summed E-state index contributed by atoms with van der Waals surface area (Å²) in [5.41, 5.74) is 7.84. The molecule has 12 heteroatoms. The molecule has 0 unspecified atom stereocenters. The number of fused-ring (bicyclic) bond motifs is 1. The lowest BCUT2D eigenvalue weighted by Gasteiger charge is -2.11. The molecule has 34 heavy (non-hydrogen) atoms. The largest absolute Gasteiger partial charge is 0.365 e. The van der Waals surface area contributed by atoms with Gasteiger partial charge in [0.2, 0.25) is 5.91 Å². The summed E-state index contributed by atoms with van der Waals surface area (Å²) in [5, 5.41) is 11.7. The molecule has 0 radical (unpaired) electrons. The summed E-state index contributed by atoms with van der Waals surface area (Å²) >= 11 is 0.873. The molecule has 0 saturated carbocycles. The molecular formula is C22H23F2N7O2S. The molecule has 4 rings (SSSR count). The lowest BCUT2D eigenvalue weighted by atomic mass is 10.0. The van der Waals surface area contributed by atoms with Crippen LogP contribution in [0.25, 0.3) is 21.3 Å². The first-order chi connectivity index (χ1) is 16.2. The van der Waals surface area contributed by atoms with Crippen LogP contribution in [0.1, 0.15) is 46.5 Å². The van der Waals surface area contributed by atoms with E-state index in [-0.39, 0.29) is 27.7 Å². The average Bonchev–Trinajstić information content (AvgIpc) is 3.48. The van der Waals surface area contributed by atoms with Crippen LogP contribution >= 0.6 is 11.3 Å². The topological polar surface area (TPSA) is 121 Å². The zero-order valence-corrected chi connectivity index (χ0v) is 19.6. The van der Waals surface area contributed by atoms with Gasteiger partial charge >= 0.3 is 0 Å². The Bertz CT molecular complexity index is 1390. The summed E-state index contributed by atoms with van der Waals surface area (Å²) < 4.78 is 30.7. The maximum atomic E-state index is 13.7. The van der Waals surface area contributed by atoms with E-state index in [0.717, 1.165) is 17.0 Å². The molecule has 0 aliphatic rings. The third kappa shape index (κ3) is 4.40. The molecule has 3 N–H and O–H groups in total. The van der Waals surface area contributed by atoms with Crippen LogP contribution in [0.2, 0.25) is 0 Å². The van der Waals surface area contributed by atoms with Gasteiger partial charge in [0.1, 0.15) is 15.4 Å². The molecule has 4 aromatic heterocycles. The molecule has 4 heterocycles. The summed E-state index contributed by atoms with van der Waals surface area (Å²) in [7, 11) is 0. The minimum absolute atomic E-state index is 0.0410. The van der Waals surface area contributed by atoms with Gasteiger partial charge in [-0.3, -0.25) is 19.0 Å². The first kappa shape index (κ1) is 23.5. The number of halogens is 2. The monoisotopic (exact) mass is 487 g/mol. The van der Waals surface area contributed by atoms with Crippen LogP contribution in [0, 0.1) is 13.8 Å². The predicted octanol–water partition coefficient (Wildman–Crippen LogP) is 4.06. The summed E-state index contributed by atoms with van der Waals surface area (Å²) in [6, 6.07) is 3.10. The van der Waals surface area contributed by atoms with E-state index in [2.05, 4.69) is 20.5 Å². The lowest BCUT2D eigenvalue weighted by molar-refractivity contribution is -0.116. The fourth-order valence-electron chi connectivity index (χ4n) is 3.72. The smallest absolute Gasteiger partial charge is 0.280 e. The van der Waals surface area contributed by atoms with Crippen molar-refractivity contribution in [3.05, 3.63) is 46.5 Å². The number of amides is 2. The van der Waals surface area contributed by atoms with Gasteiger partial charge in [0.15, 0.2) is 0 Å². The van der Waals surface area contributed by atoms with Crippen LogP contribution in [0.3, 0.4) is 0 Å². The molecule has 2 amide bonds. The van der Waals surface area contributed by atoms with Gasteiger partial charge in [-0.1, -0.05) is 0 Å². The molecule has 0 aliphatic heterocycles. The first-order valence-electron chi connectivity index (χ1n) is 10.6. The van der Waals surface area contributed by atoms with Crippen molar-refractivity contribution < 1.29 is 18.4 Å². The van der Waals surface area contributed by atoms with Crippen LogP contribution in [0.5, 0.6) is 0 Å². The van der Waals surface area contributed by atoms with E-state index < -0.39 is 18.0 Å². The number of nitrogens with one attached hydrogen (secondary N) is 1. The summed E-state index contributed by atoms with van der Waals surface area (Å²) in [6.45, 7) is 6.47. The Labute approximate surface area is 197 Å². The Balaban J connectivity index is 1.83. The van der Waals surface area contributed by atoms with Gasteiger partial charge in [0, 0.05) is 48.5 Å². The molecule has 0 aliphatic carbocycles. The summed E-state index contributed by atoms with van der Waals surface area (Å²) in [4.78, 5) is 29.3. The fourth-order valence-corrected chi connectivity index (χ4v) is 4.74. The van der Waals surface area contributed by atoms with Crippen LogP contribution in [-0.2, 0) is 17.9 Å². The number of anilines is 1. The molecule has 0 saturated heterocycles. The second-order valence-electron chi connectivity index (χ2n) is 7.72. The van der Waals surface area contributed by atoms with E-state index in [1.165, 1.54) is 6.07 Å². The van der Waals surface area contributed by atoms with Gasteiger partial charge in [-0.2, -0.15) is 10.2 Å². The standard InChI is InChI=1S/C22H23F2N7O2S/c1-4-30-10-14(12(3)29-30)13-9-15(20(23)24)27-22-17(13)18(19(34-22)21(25)33)28-16(32)6-8-31-11(2)5-7-26-31/h5,7,9-10,20H,4,6,8H2,1-3H3,(H2,25,33)(H,28,32). The highest BCUT2D eigenvalue weighted by atomic mass is 32.1. The van der Waals surface area contributed by atoms with Crippen LogP contribution in [-0.4, -0.2) is 36.4 Å². The summed E-state index contributed by atoms with van der Waals surface area (Å²) in [5.74, 6) is -1.16. The average molecular weight is 488 g/mol. The van der Waals surface area contributed by atoms with Gasteiger partial charge < -0.3 is 11.1 Å². The molecule has 9 nitrogen and oxygen atoms in total. The number of rotatable bonds is 8. The number of carbonyl (C=O) groups is 2. The highest BCUT2D eigenvalue weighted by molar-refractivity contribution is 7.21. The molecule has 0 atom stereocenters. The van der Waals surface area contributed by atoms with E-state index in [4.69, 9.17) is 5.73 Å². The third-order valence-corrected chi connectivity index (χ3v) is 6.53. The van der Waals surface area contributed by atoms with Crippen molar-refractivity contribution >= 4 is 39.1 Å². The number of aromatic nitrogens is 5. The zero-order chi connectivity index (χ0) is 24.6. The Hall–Kier alpha value is -3.67. The molecule has 0 aromatic carbocycles. The number of alkyl halides is 2. The number of primary amides is 1. The maximum Gasteiger partial charge on any atom is 0.280 e. The number of hydrogen-bond acceptors (Lipinski definition) is 6. The third-order valence-electron chi connectivity index (χ3n) is 5.43. The molecular weight excluding hydrogens is 464 g/mol. The van der Waals surface area contributed by atoms with E-state index in [1.807, 2.05) is 19.9 Å². The molecule has 0 bridgehead atoms. The number of nitrogens with zero attached hydrogens (tertiary/aromatic N) is 5. The van der Waals surface area contributed by atoms with Crippen molar-refractivity contribution in [2.45, 2.75) is 46.7 Å². The molecule has 0 fully saturated rings. The number of carbonyl (C=O) groups excluding carboxylic acids is 2. The Morgan fingerprint density at radius 2 is 2.03 bits per heavy atom. The predicted molar refractivity (Wildman–Crippen MR) is 125 cm³/mol. The van der Waals surface area contributed by atoms with Gasteiger partial charge in [0.25, 0.3) is 12.3 Å². The maximum absolute atomic E-state index is 13.7. The lowest BCUT2D eigenvalue weighted by Crippen LogP contribution is -2.18. The number of pyridine rings is 1. The van der Waals surface area contributed by atoms with Gasteiger partial charge in [-0.25, -0.2) is 13.8 Å². The van der Waals surface area contributed by atoms with Gasteiger partial charge in [0.05, 0.1) is 11.4 Å². The first-order valence-corrected chi connectivity index (χ1v) is 11.4. The van der Waals surface area contributed by atoms with Crippen molar-refractivity contribution in [1.29, 1.82) is 0 Å². The highest BCUT2D eigenvalue weighted by Gasteiger charge is 2.26. The normalized spacial score (nSPS) is 11.5. The van der Waals surface area contributed by atoms with Crippen molar-refractivity contribution in [2.24, 2.45) is 5.73 Å². The van der Waals surface area contributed by atoms with E-state index >= 15 is 0 Å².